The fraction of sp³-hybridized carbons (Fsp3) is 0.107. The first-order chi connectivity index (χ1) is 18.5. The van der Waals surface area contributed by atoms with Crippen LogP contribution in [-0.4, -0.2) is 26.4 Å². The third-order valence-corrected chi connectivity index (χ3v) is 6.96. The Kier molecular flexibility index (Phi) is 5.82. The highest BCUT2D eigenvalue weighted by Crippen LogP contribution is 2.47. The lowest BCUT2D eigenvalue weighted by molar-refractivity contribution is 0.101. The number of hydrogen-bond donors (Lipinski definition) is 2. The lowest BCUT2D eigenvalue weighted by Crippen LogP contribution is -2.13. The van der Waals surface area contributed by atoms with E-state index in [4.69, 9.17) is 4.74 Å². The number of carbonyl (C=O) groups excluding carboxylic acids is 2. The van der Waals surface area contributed by atoms with Crippen molar-refractivity contribution in [1.29, 1.82) is 5.26 Å². The van der Waals surface area contributed by atoms with Crippen molar-refractivity contribution in [1.82, 2.24) is 14.6 Å². The van der Waals surface area contributed by atoms with Crippen molar-refractivity contribution < 1.29 is 14.3 Å². The minimum absolute atomic E-state index is 0.242. The molecule has 0 atom stereocenters. The molecule has 2 aromatic carbocycles. The summed E-state index contributed by atoms with van der Waals surface area (Å²) in [6.07, 6.45) is 3.24. The molecule has 0 saturated heterocycles. The maximum absolute atomic E-state index is 12.9. The SMILES string of the molecule is N#CC1(c2cccc(C(=O)Nc3cccc(Oc4ccc5nc(NC(=O)c6ccsc6)cn5n4)c3)c2)CC1. The number of nitrogens with one attached hydrogen (secondary N) is 2. The fourth-order valence-electron chi connectivity index (χ4n) is 4.07. The van der Waals surface area contributed by atoms with Crippen LogP contribution in [0.1, 0.15) is 39.1 Å². The monoisotopic (exact) mass is 520 g/mol. The number of fused-ring (bicyclic) bond motifs is 1. The summed E-state index contributed by atoms with van der Waals surface area (Å²) >= 11 is 1.44. The van der Waals surface area contributed by atoms with Gasteiger partial charge in [0, 0.05) is 28.8 Å². The van der Waals surface area contributed by atoms with Crippen molar-refractivity contribution in [3.05, 3.63) is 100 Å². The highest BCUT2D eigenvalue weighted by molar-refractivity contribution is 7.08. The largest absolute Gasteiger partial charge is 0.438 e. The molecular weight excluding hydrogens is 500 g/mol. The zero-order valence-corrected chi connectivity index (χ0v) is 20.7. The van der Waals surface area contributed by atoms with Gasteiger partial charge in [0.05, 0.1) is 23.2 Å². The molecule has 0 aliphatic heterocycles. The van der Waals surface area contributed by atoms with Gasteiger partial charge in [-0.3, -0.25) is 9.59 Å². The number of ether oxygens (including phenoxy) is 1. The third-order valence-electron chi connectivity index (χ3n) is 6.28. The summed E-state index contributed by atoms with van der Waals surface area (Å²) in [6, 6.07) is 21.7. The number of aromatic nitrogens is 3. The standard InChI is InChI=1S/C28H20N6O3S/c29-17-28(10-11-28)20-4-1-3-18(13-20)26(35)30-21-5-2-6-22(14-21)37-25-8-7-24-31-23(15-34(24)33-25)32-27(36)19-9-12-38-16-19/h1-9,12-16H,10-11H2,(H,30,35)(H,32,36). The molecule has 1 saturated carbocycles. The van der Waals surface area contributed by atoms with Crippen molar-refractivity contribution in [2.24, 2.45) is 0 Å². The van der Waals surface area contributed by atoms with Gasteiger partial charge in [-0.15, -0.1) is 5.10 Å². The van der Waals surface area contributed by atoms with Crippen LogP contribution in [-0.2, 0) is 5.41 Å². The third kappa shape index (κ3) is 4.70. The number of amides is 2. The van der Waals surface area contributed by atoms with Gasteiger partial charge in [-0.05, 0) is 60.2 Å². The van der Waals surface area contributed by atoms with Gasteiger partial charge in [0.2, 0.25) is 5.88 Å². The normalized spacial score (nSPS) is 13.4. The van der Waals surface area contributed by atoms with E-state index in [1.54, 1.807) is 72.2 Å². The molecule has 1 aliphatic rings. The topological polar surface area (TPSA) is 121 Å². The average molecular weight is 521 g/mol. The molecule has 2 N–H and O–H groups in total. The average Bonchev–Trinajstić information content (AvgIpc) is 3.33. The van der Waals surface area contributed by atoms with E-state index in [-0.39, 0.29) is 11.8 Å². The molecule has 0 spiro atoms. The van der Waals surface area contributed by atoms with Crippen LogP contribution in [0.5, 0.6) is 11.6 Å². The van der Waals surface area contributed by atoms with Gasteiger partial charge < -0.3 is 15.4 Å². The maximum Gasteiger partial charge on any atom is 0.257 e. The first-order valence-electron chi connectivity index (χ1n) is 11.8. The van der Waals surface area contributed by atoms with Crippen molar-refractivity contribution in [3.8, 4) is 17.7 Å². The summed E-state index contributed by atoms with van der Waals surface area (Å²) in [4.78, 5) is 29.5. The first-order valence-corrected chi connectivity index (χ1v) is 12.8. The highest BCUT2D eigenvalue weighted by atomic mass is 32.1. The molecule has 5 aromatic rings. The number of rotatable bonds is 7. The second-order valence-electron chi connectivity index (χ2n) is 8.93. The summed E-state index contributed by atoms with van der Waals surface area (Å²) in [7, 11) is 0. The highest BCUT2D eigenvalue weighted by Gasteiger charge is 2.45. The van der Waals surface area contributed by atoms with Gasteiger partial charge in [-0.25, -0.2) is 9.50 Å². The van der Waals surface area contributed by atoms with E-state index < -0.39 is 5.41 Å². The van der Waals surface area contributed by atoms with Gasteiger partial charge in [0.15, 0.2) is 11.5 Å². The van der Waals surface area contributed by atoms with Crippen molar-refractivity contribution in [2.45, 2.75) is 18.3 Å². The van der Waals surface area contributed by atoms with Crippen LogP contribution in [0.4, 0.5) is 11.5 Å². The Bertz CT molecular complexity index is 1720. The van der Waals surface area contributed by atoms with Gasteiger partial charge in [-0.1, -0.05) is 18.2 Å². The molecule has 1 aliphatic carbocycles. The number of thiophene rings is 1. The van der Waals surface area contributed by atoms with E-state index in [0.717, 1.165) is 18.4 Å². The van der Waals surface area contributed by atoms with E-state index in [1.165, 1.54) is 15.9 Å². The minimum atomic E-state index is -0.455. The van der Waals surface area contributed by atoms with Gasteiger partial charge >= 0.3 is 0 Å². The number of nitriles is 1. The zero-order valence-electron chi connectivity index (χ0n) is 19.9. The van der Waals surface area contributed by atoms with Crippen LogP contribution in [0.2, 0.25) is 0 Å². The van der Waals surface area contributed by atoms with Crippen LogP contribution in [0.25, 0.3) is 5.65 Å². The minimum Gasteiger partial charge on any atom is -0.438 e. The first kappa shape index (κ1) is 23.4. The van der Waals surface area contributed by atoms with Crippen LogP contribution < -0.4 is 15.4 Å². The summed E-state index contributed by atoms with van der Waals surface area (Å²) < 4.78 is 7.44. The van der Waals surface area contributed by atoms with Gasteiger partial charge in [0.1, 0.15) is 5.75 Å². The molecule has 186 valence electrons. The molecule has 6 rings (SSSR count). The number of benzene rings is 2. The van der Waals surface area contributed by atoms with Crippen molar-refractivity contribution in [2.75, 3.05) is 10.6 Å². The number of hydrogen-bond acceptors (Lipinski definition) is 7. The molecule has 1 fully saturated rings. The Hall–Kier alpha value is -5.01. The summed E-state index contributed by atoms with van der Waals surface area (Å²) in [6.45, 7) is 0. The van der Waals surface area contributed by atoms with E-state index in [1.807, 2.05) is 11.4 Å². The molecule has 0 unspecified atom stereocenters. The predicted molar refractivity (Wildman–Crippen MR) is 143 cm³/mol. The quantitative estimate of drug-likeness (QED) is 0.286. The van der Waals surface area contributed by atoms with Crippen LogP contribution in [0, 0.1) is 11.3 Å². The number of nitrogens with zero attached hydrogens (tertiary/aromatic N) is 4. The van der Waals surface area contributed by atoms with E-state index in [9.17, 15) is 14.9 Å². The molecular formula is C28H20N6O3S. The Balaban J connectivity index is 1.14. The second-order valence-corrected chi connectivity index (χ2v) is 9.71. The van der Waals surface area contributed by atoms with Crippen molar-refractivity contribution >= 4 is 40.3 Å². The molecule has 0 bridgehead atoms. The maximum atomic E-state index is 12.9. The zero-order chi connectivity index (χ0) is 26.1. The Labute approximate surface area is 221 Å². The lowest BCUT2D eigenvalue weighted by Gasteiger charge is -2.11. The molecule has 9 nitrogen and oxygen atoms in total. The molecule has 0 radical (unpaired) electrons. The van der Waals surface area contributed by atoms with Gasteiger partial charge in [0.25, 0.3) is 11.8 Å². The molecule has 10 heteroatoms. The van der Waals surface area contributed by atoms with E-state index in [2.05, 4.69) is 26.8 Å². The number of anilines is 2. The Morgan fingerprint density at radius 2 is 1.84 bits per heavy atom. The fourth-order valence-corrected chi connectivity index (χ4v) is 4.71. The molecule has 3 aromatic heterocycles. The lowest BCUT2D eigenvalue weighted by atomic mass is 9.96. The second kappa shape index (κ2) is 9.46. The summed E-state index contributed by atoms with van der Waals surface area (Å²) in [5, 5.41) is 23.1. The Morgan fingerprint density at radius 1 is 1.00 bits per heavy atom. The van der Waals surface area contributed by atoms with Crippen LogP contribution in [0.15, 0.2) is 83.7 Å². The number of imidazole rings is 1. The van der Waals surface area contributed by atoms with Crippen LogP contribution in [0.3, 0.4) is 0 Å². The smallest absolute Gasteiger partial charge is 0.257 e. The van der Waals surface area contributed by atoms with Crippen LogP contribution >= 0.6 is 11.3 Å². The van der Waals surface area contributed by atoms with Crippen molar-refractivity contribution in [3.63, 3.8) is 0 Å². The summed E-state index contributed by atoms with van der Waals surface area (Å²) in [5.41, 5.74) is 2.58. The summed E-state index contributed by atoms with van der Waals surface area (Å²) in [5.74, 6) is 0.660. The number of carbonyl (C=O) groups is 2. The molecule has 3 heterocycles. The van der Waals surface area contributed by atoms with Gasteiger partial charge in [-0.2, -0.15) is 16.6 Å². The molecule has 38 heavy (non-hydrogen) atoms. The molecule has 2 amide bonds. The Morgan fingerprint density at radius 3 is 2.63 bits per heavy atom. The van der Waals surface area contributed by atoms with E-state index >= 15 is 0 Å². The van der Waals surface area contributed by atoms with E-state index in [0.29, 0.717) is 39.9 Å². The predicted octanol–water partition coefficient (Wildman–Crippen LogP) is 5.64.